The van der Waals surface area contributed by atoms with Gasteiger partial charge in [0.05, 0.1) is 12.2 Å². The van der Waals surface area contributed by atoms with E-state index in [9.17, 15) is 0 Å². The Hall–Kier alpha value is -0.160. The molecule has 1 aliphatic carbocycles. The van der Waals surface area contributed by atoms with E-state index in [-0.39, 0.29) is 17.7 Å². The highest BCUT2D eigenvalue weighted by atomic mass is 16.5. The third-order valence-corrected chi connectivity index (χ3v) is 5.44. The molecule has 1 saturated carbocycles. The van der Waals surface area contributed by atoms with E-state index in [0.717, 1.165) is 25.9 Å². The van der Waals surface area contributed by atoms with Crippen LogP contribution in [0.1, 0.15) is 47.0 Å². The van der Waals surface area contributed by atoms with E-state index in [1.165, 1.54) is 6.42 Å². The second-order valence-corrected chi connectivity index (χ2v) is 8.74. The van der Waals surface area contributed by atoms with Gasteiger partial charge in [0.1, 0.15) is 0 Å². The summed E-state index contributed by atoms with van der Waals surface area (Å²) in [5.41, 5.74) is 7.05. The van der Waals surface area contributed by atoms with Gasteiger partial charge in [-0.3, -0.25) is 4.90 Å². The Morgan fingerprint density at radius 3 is 1.67 bits per heavy atom. The van der Waals surface area contributed by atoms with Gasteiger partial charge < -0.3 is 15.2 Å². The molecule has 1 heterocycles. The summed E-state index contributed by atoms with van der Waals surface area (Å²) in [4.78, 5) is 2.55. The van der Waals surface area contributed by atoms with Crippen molar-refractivity contribution >= 4 is 0 Å². The van der Waals surface area contributed by atoms with E-state index in [1.807, 2.05) is 0 Å². The molecule has 1 saturated heterocycles. The third kappa shape index (κ3) is 3.44. The molecule has 124 valence electrons. The molecule has 2 atom stereocenters. The number of rotatable bonds is 4. The number of methoxy groups -OCH3 is 2. The third-order valence-electron chi connectivity index (χ3n) is 5.44. The summed E-state index contributed by atoms with van der Waals surface area (Å²) in [5.74, 6) is 0. The normalized spacial score (nSPS) is 35.0. The van der Waals surface area contributed by atoms with Gasteiger partial charge in [0.2, 0.25) is 0 Å². The molecule has 0 aromatic rings. The van der Waals surface area contributed by atoms with Gasteiger partial charge in [-0.2, -0.15) is 0 Å². The smallest absolute Gasteiger partial charge is 0.0972 e. The maximum Gasteiger partial charge on any atom is 0.0972 e. The first kappa shape index (κ1) is 17.2. The van der Waals surface area contributed by atoms with Gasteiger partial charge in [0, 0.05) is 39.4 Å². The topological polar surface area (TPSA) is 47.7 Å². The Bertz CT molecular complexity index is 340. The van der Waals surface area contributed by atoms with Crippen molar-refractivity contribution in [1.82, 2.24) is 4.90 Å². The van der Waals surface area contributed by atoms with Crippen molar-refractivity contribution < 1.29 is 9.47 Å². The molecule has 0 amide bonds. The zero-order valence-corrected chi connectivity index (χ0v) is 14.7. The molecule has 4 heteroatoms. The fourth-order valence-corrected chi connectivity index (χ4v) is 5.35. The molecule has 1 aliphatic heterocycles. The van der Waals surface area contributed by atoms with Crippen LogP contribution >= 0.6 is 0 Å². The van der Waals surface area contributed by atoms with Gasteiger partial charge in [0.25, 0.3) is 0 Å². The van der Waals surface area contributed by atoms with E-state index >= 15 is 0 Å². The minimum Gasteiger partial charge on any atom is -0.377 e. The van der Waals surface area contributed by atoms with Crippen molar-refractivity contribution in [2.75, 3.05) is 33.9 Å². The van der Waals surface area contributed by atoms with E-state index < -0.39 is 0 Å². The molecule has 2 rings (SSSR count). The lowest BCUT2D eigenvalue weighted by molar-refractivity contribution is -0.0401. The molecule has 0 bridgehead atoms. The average Bonchev–Trinajstić information content (AvgIpc) is 2.78. The summed E-state index contributed by atoms with van der Waals surface area (Å²) >= 11 is 0. The molecule has 0 spiro atoms. The molecular weight excluding hydrogens is 264 g/mol. The standard InChI is InChI=1S/C17H34N2O2/c1-15(2)9-16(3,4)11-17(10-15,12-18)19-7-13(20-5)14(8-19)21-6/h13-14H,7-12,18H2,1-6H3. The molecule has 2 unspecified atom stereocenters. The number of nitrogens with zero attached hydrogens (tertiary/aromatic N) is 1. The number of likely N-dealkylation sites (tertiary alicyclic amines) is 1. The fraction of sp³-hybridized carbons (Fsp3) is 1.00. The Labute approximate surface area is 130 Å². The molecular formula is C17H34N2O2. The summed E-state index contributed by atoms with van der Waals surface area (Å²) < 4.78 is 11.2. The van der Waals surface area contributed by atoms with Crippen LogP contribution in [0.3, 0.4) is 0 Å². The average molecular weight is 298 g/mol. The SMILES string of the molecule is COC1CN(C2(CN)CC(C)(C)CC(C)(C)C2)CC1OC. The Morgan fingerprint density at radius 1 is 0.905 bits per heavy atom. The Balaban J connectivity index is 2.25. The van der Waals surface area contributed by atoms with Crippen LogP contribution in [0.15, 0.2) is 0 Å². The Kier molecular flexibility index (Phi) is 4.75. The summed E-state index contributed by atoms with van der Waals surface area (Å²) in [7, 11) is 3.56. The van der Waals surface area contributed by atoms with Crippen molar-refractivity contribution in [3.05, 3.63) is 0 Å². The largest absolute Gasteiger partial charge is 0.377 e. The highest BCUT2D eigenvalue weighted by molar-refractivity contribution is 5.07. The van der Waals surface area contributed by atoms with E-state index in [2.05, 4.69) is 32.6 Å². The monoisotopic (exact) mass is 298 g/mol. The number of ether oxygens (including phenoxy) is 2. The first-order valence-electron chi connectivity index (χ1n) is 8.18. The van der Waals surface area contributed by atoms with Gasteiger partial charge in [0.15, 0.2) is 0 Å². The summed E-state index contributed by atoms with van der Waals surface area (Å²) in [6, 6.07) is 0. The van der Waals surface area contributed by atoms with E-state index in [0.29, 0.717) is 17.4 Å². The van der Waals surface area contributed by atoms with Crippen molar-refractivity contribution in [1.29, 1.82) is 0 Å². The number of hydrogen-bond donors (Lipinski definition) is 1. The second kappa shape index (κ2) is 5.80. The van der Waals surface area contributed by atoms with Gasteiger partial charge >= 0.3 is 0 Å². The summed E-state index contributed by atoms with van der Waals surface area (Å²) in [6.45, 7) is 12.1. The van der Waals surface area contributed by atoms with Crippen molar-refractivity contribution in [3.8, 4) is 0 Å². The first-order chi connectivity index (χ1) is 9.67. The number of nitrogens with two attached hydrogens (primary N) is 1. The minimum atomic E-state index is 0.0787. The van der Waals surface area contributed by atoms with Crippen LogP contribution < -0.4 is 5.73 Å². The Morgan fingerprint density at radius 2 is 1.33 bits per heavy atom. The van der Waals surface area contributed by atoms with Crippen LogP contribution in [0, 0.1) is 10.8 Å². The summed E-state index contributed by atoms with van der Waals surface area (Å²) in [6.07, 6.45) is 3.90. The quantitative estimate of drug-likeness (QED) is 0.865. The zero-order chi connectivity index (χ0) is 15.9. The summed E-state index contributed by atoms with van der Waals surface area (Å²) in [5, 5.41) is 0. The second-order valence-electron chi connectivity index (χ2n) is 8.74. The molecule has 0 aromatic carbocycles. The molecule has 2 N–H and O–H groups in total. The molecule has 0 aromatic heterocycles. The molecule has 2 aliphatic rings. The predicted octanol–water partition coefficient (Wildman–Crippen LogP) is 2.27. The molecule has 21 heavy (non-hydrogen) atoms. The van der Waals surface area contributed by atoms with Gasteiger partial charge in [-0.05, 0) is 30.1 Å². The van der Waals surface area contributed by atoms with E-state index in [4.69, 9.17) is 15.2 Å². The lowest BCUT2D eigenvalue weighted by Gasteiger charge is -2.55. The number of hydrogen-bond acceptors (Lipinski definition) is 4. The van der Waals surface area contributed by atoms with Crippen LogP contribution in [0.2, 0.25) is 0 Å². The lowest BCUT2D eigenvalue weighted by Crippen LogP contribution is -2.60. The van der Waals surface area contributed by atoms with Crippen LogP contribution in [-0.2, 0) is 9.47 Å². The predicted molar refractivity (Wildman–Crippen MR) is 86.4 cm³/mol. The first-order valence-corrected chi connectivity index (χ1v) is 8.18. The van der Waals surface area contributed by atoms with Gasteiger partial charge in [-0.15, -0.1) is 0 Å². The molecule has 0 radical (unpaired) electrons. The van der Waals surface area contributed by atoms with E-state index in [1.54, 1.807) is 14.2 Å². The highest BCUT2D eigenvalue weighted by Crippen LogP contribution is 2.52. The van der Waals surface area contributed by atoms with Crippen LogP contribution in [0.25, 0.3) is 0 Å². The van der Waals surface area contributed by atoms with Crippen LogP contribution in [0.5, 0.6) is 0 Å². The zero-order valence-electron chi connectivity index (χ0n) is 14.7. The minimum absolute atomic E-state index is 0.0787. The molecule has 4 nitrogen and oxygen atoms in total. The van der Waals surface area contributed by atoms with Gasteiger partial charge in [-0.25, -0.2) is 0 Å². The van der Waals surface area contributed by atoms with Crippen molar-refractivity contribution in [2.24, 2.45) is 16.6 Å². The van der Waals surface area contributed by atoms with Gasteiger partial charge in [-0.1, -0.05) is 27.7 Å². The van der Waals surface area contributed by atoms with Crippen LogP contribution in [0.4, 0.5) is 0 Å². The maximum atomic E-state index is 6.31. The fourth-order valence-electron chi connectivity index (χ4n) is 5.35. The van der Waals surface area contributed by atoms with Crippen molar-refractivity contribution in [2.45, 2.75) is 64.7 Å². The maximum absolute atomic E-state index is 6.31. The van der Waals surface area contributed by atoms with Crippen LogP contribution in [-0.4, -0.2) is 56.5 Å². The highest BCUT2D eigenvalue weighted by Gasteiger charge is 2.52. The lowest BCUT2D eigenvalue weighted by atomic mass is 9.58. The van der Waals surface area contributed by atoms with Crippen molar-refractivity contribution in [3.63, 3.8) is 0 Å². The molecule has 2 fully saturated rings.